The number of nitrogens with zero attached hydrogens (tertiary/aromatic N) is 2. The monoisotopic (exact) mass is 285 g/mol. The minimum Gasteiger partial charge on any atom is -0.389 e. The molecule has 1 saturated heterocycles. The zero-order chi connectivity index (χ0) is 14.4. The van der Waals surface area contributed by atoms with Gasteiger partial charge in [0.2, 0.25) is 0 Å². The Morgan fingerprint density at radius 3 is 2.60 bits per heavy atom. The molecule has 2 fully saturated rings. The van der Waals surface area contributed by atoms with Gasteiger partial charge in [0.25, 0.3) is 0 Å². The number of hydrogen-bond acceptors (Lipinski definition) is 5. The lowest BCUT2D eigenvalue weighted by atomic mass is 9.88. The molecule has 1 saturated carbocycles. The van der Waals surface area contributed by atoms with Gasteiger partial charge in [0, 0.05) is 32.7 Å². The number of aliphatic hydroxyl groups is 1. The number of likely N-dealkylation sites (N-methyl/N-ethyl adjacent to an activating group) is 1. The minimum absolute atomic E-state index is 0.349. The number of rotatable bonds is 6. The van der Waals surface area contributed by atoms with Gasteiger partial charge in [-0.2, -0.15) is 0 Å². The highest BCUT2D eigenvalue weighted by Crippen LogP contribution is 2.26. The van der Waals surface area contributed by atoms with Crippen LogP contribution in [0.15, 0.2) is 0 Å². The Labute approximate surface area is 123 Å². The van der Waals surface area contributed by atoms with Crippen molar-refractivity contribution in [3.05, 3.63) is 0 Å². The van der Waals surface area contributed by atoms with Crippen LogP contribution in [0.5, 0.6) is 0 Å². The summed E-state index contributed by atoms with van der Waals surface area (Å²) in [6.07, 6.45) is 4.95. The van der Waals surface area contributed by atoms with Crippen LogP contribution in [0, 0.1) is 5.92 Å². The lowest BCUT2D eigenvalue weighted by Crippen LogP contribution is -2.52. The summed E-state index contributed by atoms with van der Waals surface area (Å²) in [5.41, 5.74) is 3.32. The van der Waals surface area contributed by atoms with Crippen LogP contribution in [0.3, 0.4) is 0 Å². The summed E-state index contributed by atoms with van der Waals surface area (Å²) in [7, 11) is 2.14. The topological polar surface area (TPSA) is 48.0 Å². The standard InChI is InChI=1S/C15H31N3O2/c1-13-5-3-4-6-15(13)20-12-14(19)11-16-18-9-7-17(2)8-10-18/h13-16,19H,3-12H2,1-2H3. The fourth-order valence-corrected chi connectivity index (χ4v) is 3.02. The van der Waals surface area contributed by atoms with E-state index in [1.165, 1.54) is 19.3 Å². The largest absolute Gasteiger partial charge is 0.389 e. The van der Waals surface area contributed by atoms with Gasteiger partial charge in [-0.15, -0.1) is 0 Å². The smallest absolute Gasteiger partial charge is 0.0911 e. The van der Waals surface area contributed by atoms with Gasteiger partial charge in [0.15, 0.2) is 0 Å². The third-order valence-corrected chi connectivity index (χ3v) is 4.59. The molecule has 1 heterocycles. The van der Waals surface area contributed by atoms with Crippen LogP contribution in [0.2, 0.25) is 0 Å². The Balaban J connectivity index is 1.57. The minimum atomic E-state index is -0.413. The summed E-state index contributed by atoms with van der Waals surface area (Å²) in [4.78, 5) is 2.32. The average molecular weight is 285 g/mol. The van der Waals surface area contributed by atoms with Gasteiger partial charge in [0.1, 0.15) is 0 Å². The van der Waals surface area contributed by atoms with Gasteiger partial charge >= 0.3 is 0 Å². The maximum Gasteiger partial charge on any atom is 0.0911 e. The van der Waals surface area contributed by atoms with Crippen LogP contribution in [0.1, 0.15) is 32.6 Å². The lowest BCUT2D eigenvalue weighted by Gasteiger charge is -2.33. The second-order valence-electron chi connectivity index (χ2n) is 6.44. The number of ether oxygens (including phenoxy) is 1. The molecule has 20 heavy (non-hydrogen) atoms. The third-order valence-electron chi connectivity index (χ3n) is 4.59. The van der Waals surface area contributed by atoms with Crippen molar-refractivity contribution in [2.75, 3.05) is 46.4 Å². The molecule has 3 unspecified atom stereocenters. The van der Waals surface area contributed by atoms with E-state index >= 15 is 0 Å². The summed E-state index contributed by atoms with van der Waals surface area (Å²) >= 11 is 0. The molecule has 2 N–H and O–H groups in total. The van der Waals surface area contributed by atoms with Crippen LogP contribution >= 0.6 is 0 Å². The van der Waals surface area contributed by atoms with Crippen LogP contribution in [0.4, 0.5) is 0 Å². The molecule has 5 heteroatoms. The van der Waals surface area contributed by atoms with E-state index in [0.717, 1.165) is 32.6 Å². The van der Waals surface area contributed by atoms with Gasteiger partial charge in [-0.05, 0) is 25.8 Å². The Bertz CT molecular complexity index is 270. The van der Waals surface area contributed by atoms with Crippen molar-refractivity contribution in [3.63, 3.8) is 0 Å². The summed E-state index contributed by atoms with van der Waals surface area (Å²) in [6.45, 7) is 7.51. The normalized spacial score (nSPS) is 31.4. The summed E-state index contributed by atoms with van der Waals surface area (Å²) in [6, 6.07) is 0. The molecule has 0 radical (unpaired) electrons. The first-order valence-electron chi connectivity index (χ1n) is 8.12. The van der Waals surface area contributed by atoms with E-state index in [2.05, 4.69) is 29.3 Å². The molecule has 0 bridgehead atoms. The van der Waals surface area contributed by atoms with E-state index in [4.69, 9.17) is 4.74 Å². The van der Waals surface area contributed by atoms with Crippen molar-refractivity contribution in [2.45, 2.75) is 44.8 Å². The molecule has 0 aromatic carbocycles. The van der Waals surface area contributed by atoms with Gasteiger partial charge in [-0.3, -0.25) is 5.43 Å². The Morgan fingerprint density at radius 1 is 1.20 bits per heavy atom. The van der Waals surface area contributed by atoms with Crippen LogP contribution in [-0.2, 0) is 4.74 Å². The highest BCUT2D eigenvalue weighted by Gasteiger charge is 2.23. The van der Waals surface area contributed by atoms with Crippen molar-refractivity contribution in [1.82, 2.24) is 15.3 Å². The SMILES string of the molecule is CC1CCCCC1OCC(O)CNN1CCN(C)CC1. The first-order chi connectivity index (χ1) is 9.65. The van der Waals surface area contributed by atoms with E-state index in [0.29, 0.717) is 25.2 Å². The number of aliphatic hydroxyl groups excluding tert-OH is 1. The van der Waals surface area contributed by atoms with Crippen molar-refractivity contribution in [3.8, 4) is 0 Å². The molecule has 1 aliphatic heterocycles. The van der Waals surface area contributed by atoms with E-state index in [-0.39, 0.29) is 0 Å². The Kier molecular flexibility index (Phi) is 6.71. The maximum atomic E-state index is 10.0. The highest BCUT2D eigenvalue weighted by atomic mass is 16.5. The first kappa shape index (κ1) is 16.2. The van der Waals surface area contributed by atoms with Crippen LogP contribution < -0.4 is 5.43 Å². The number of hydrogen-bond donors (Lipinski definition) is 2. The van der Waals surface area contributed by atoms with Gasteiger partial charge in [-0.25, -0.2) is 5.01 Å². The highest BCUT2D eigenvalue weighted by molar-refractivity contribution is 4.73. The second-order valence-corrected chi connectivity index (χ2v) is 6.44. The molecule has 2 aliphatic rings. The number of hydrazine groups is 1. The fraction of sp³-hybridized carbons (Fsp3) is 1.00. The first-order valence-corrected chi connectivity index (χ1v) is 8.12. The van der Waals surface area contributed by atoms with E-state index in [1.807, 2.05) is 0 Å². The molecule has 118 valence electrons. The number of piperazine rings is 1. The molecule has 0 aromatic rings. The molecule has 0 amide bonds. The average Bonchev–Trinajstić information content (AvgIpc) is 2.46. The predicted molar refractivity (Wildman–Crippen MR) is 80.5 cm³/mol. The summed E-state index contributed by atoms with van der Waals surface area (Å²) in [5, 5.41) is 12.2. The zero-order valence-corrected chi connectivity index (χ0v) is 13.1. The van der Waals surface area contributed by atoms with Crippen molar-refractivity contribution in [1.29, 1.82) is 0 Å². The summed E-state index contributed by atoms with van der Waals surface area (Å²) in [5.74, 6) is 0.640. The molecule has 1 aliphatic carbocycles. The molecule has 2 rings (SSSR count). The third kappa shape index (κ3) is 5.30. The predicted octanol–water partition coefficient (Wildman–Crippen LogP) is 0.695. The quantitative estimate of drug-likeness (QED) is 0.752. The van der Waals surface area contributed by atoms with Crippen LogP contribution in [-0.4, -0.2) is 73.6 Å². The second kappa shape index (κ2) is 8.29. The molecular formula is C15H31N3O2. The fourth-order valence-electron chi connectivity index (χ4n) is 3.02. The molecule has 5 nitrogen and oxygen atoms in total. The van der Waals surface area contributed by atoms with Crippen molar-refractivity contribution >= 4 is 0 Å². The van der Waals surface area contributed by atoms with Crippen molar-refractivity contribution in [2.24, 2.45) is 5.92 Å². The van der Waals surface area contributed by atoms with Gasteiger partial charge in [0.05, 0.1) is 18.8 Å². The Morgan fingerprint density at radius 2 is 1.90 bits per heavy atom. The van der Waals surface area contributed by atoms with Crippen LogP contribution in [0.25, 0.3) is 0 Å². The van der Waals surface area contributed by atoms with Gasteiger partial charge in [-0.1, -0.05) is 19.8 Å². The van der Waals surface area contributed by atoms with E-state index in [1.54, 1.807) is 0 Å². The lowest BCUT2D eigenvalue weighted by molar-refractivity contribution is -0.0503. The molecule has 0 aromatic heterocycles. The Hall–Kier alpha value is -0.200. The number of nitrogens with one attached hydrogen (secondary N) is 1. The molecule has 3 atom stereocenters. The maximum absolute atomic E-state index is 10.0. The molecule has 0 spiro atoms. The van der Waals surface area contributed by atoms with Gasteiger partial charge < -0.3 is 14.7 Å². The van der Waals surface area contributed by atoms with E-state index < -0.39 is 6.10 Å². The molecular weight excluding hydrogens is 254 g/mol. The van der Waals surface area contributed by atoms with Crippen molar-refractivity contribution < 1.29 is 9.84 Å². The van der Waals surface area contributed by atoms with E-state index in [9.17, 15) is 5.11 Å². The zero-order valence-electron chi connectivity index (χ0n) is 13.1. The summed E-state index contributed by atoms with van der Waals surface area (Å²) < 4.78 is 5.90.